The first-order chi connectivity index (χ1) is 11.6. The van der Waals surface area contributed by atoms with Gasteiger partial charge in [0.05, 0.1) is 23.6 Å². The lowest BCUT2D eigenvalue weighted by atomic mass is 10.1. The largest absolute Gasteiger partial charge is 0.490 e. The van der Waals surface area contributed by atoms with Crippen molar-refractivity contribution in [2.75, 3.05) is 0 Å². The maximum Gasteiger partial charge on any atom is 0.150 e. The molecule has 0 radical (unpaired) electrons. The molecule has 3 rings (SSSR count). The lowest BCUT2D eigenvalue weighted by Crippen LogP contribution is -2.14. The highest BCUT2D eigenvalue weighted by atomic mass is 16.5. The zero-order valence-electron chi connectivity index (χ0n) is 13.6. The Hall–Kier alpha value is -3.08. The van der Waals surface area contributed by atoms with Crippen molar-refractivity contribution < 1.29 is 9.15 Å². The summed E-state index contributed by atoms with van der Waals surface area (Å²) >= 11 is 0. The van der Waals surface area contributed by atoms with Gasteiger partial charge in [-0.2, -0.15) is 0 Å². The molecule has 0 aliphatic heterocycles. The second kappa shape index (κ2) is 7.00. The third-order valence-corrected chi connectivity index (χ3v) is 3.29. The van der Waals surface area contributed by atoms with Crippen molar-refractivity contribution in [1.82, 2.24) is 4.98 Å². The molecule has 24 heavy (non-hydrogen) atoms. The maximum atomic E-state index is 6.04. The molecule has 2 aromatic heterocycles. The number of furan rings is 1. The highest BCUT2D eigenvalue weighted by Gasteiger charge is 2.12. The van der Waals surface area contributed by atoms with E-state index >= 15 is 0 Å². The van der Waals surface area contributed by atoms with Gasteiger partial charge in [-0.3, -0.25) is 4.98 Å². The first-order valence-electron chi connectivity index (χ1n) is 7.73. The van der Waals surface area contributed by atoms with Crippen LogP contribution in [0.4, 0.5) is 5.69 Å². The molecular formula is C19H19N3O2. The lowest BCUT2D eigenvalue weighted by Gasteiger charge is -2.14. The Morgan fingerprint density at radius 1 is 1.17 bits per heavy atom. The van der Waals surface area contributed by atoms with Crippen molar-refractivity contribution in [1.29, 1.82) is 0 Å². The molecule has 0 aliphatic carbocycles. The monoisotopic (exact) mass is 321 g/mol. The topological polar surface area (TPSA) is 73.6 Å². The Morgan fingerprint density at radius 3 is 2.71 bits per heavy atom. The zero-order chi connectivity index (χ0) is 16.9. The Bertz CT molecular complexity index is 825. The molecule has 5 heteroatoms. The highest BCUT2D eigenvalue weighted by molar-refractivity contribution is 5.97. The van der Waals surface area contributed by atoms with E-state index in [2.05, 4.69) is 9.98 Å². The van der Waals surface area contributed by atoms with Crippen molar-refractivity contribution in [3.63, 3.8) is 0 Å². The van der Waals surface area contributed by atoms with Crippen molar-refractivity contribution in [3.8, 4) is 17.1 Å². The Kier molecular flexibility index (Phi) is 4.61. The van der Waals surface area contributed by atoms with E-state index in [0.29, 0.717) is 23.0 Å². The summed E-state index contributed by atoms with van der Waals surface area (Å²) in [4.78, 5) is 8.64. The first kappa shape index (κ1) is 15.8. The molecule has 0 saturated carbocycles. The normalized spacial score (nSPS) is 11.7. The van der Waals surface area contributed by atoms with Crippen LogP contribution in [0, 0.1) is 0 Å². The molecule has 5 nitrogen and oxygen atoms in total. The Balaban J connectivity index is 1.98. The van der Waals surface area contributed by atoms with Crippen LogP contribution in [0.2, 0.25) is 0 Å². The summed E-state index contributed by atoms with van der Waals surface area (Å²) in [5.41, 5.74) is 8.25. The molecule has 0 amide bonds. The summed E-state index contributed by atoms with van der Waals surface area (Å²) in [6.45, 7) is 3.95. The summed E-state index contributed by atoms with van der Waals surface area (Å²) in [7, 11) is 0. The van der Waals surface area contributed by atoms with Crippen LogP contribution in [-0.4, -0.2) is 16.9 Å². The fraction of sp³-hybridized carbons (Fsp3) is 0.158. The summed E-state index contributed by atoms with van der Waals surface area (Å²) in [6.07, 6.45) is 3.36. The second-order valence-corrected chi connectivity index (χ2v) is 5.54. The summed E-state index contributed by atoms with van der Waals surface area (Å²) in [5, 5.41) is 0. The third-order valence-electron chi connectivity index (χ3n) is 3.29. The molecule has 0 aliphatic rings. The number of nitrogens with two attached hydrogens (primary N) is 1. The van der Waals surface area contributed by atoms with Crippen LogP contribution < -0.4 is 10.5 Å². The number of hydrogen-bond donors (Lipinski definition) is 1. The number of ether oxygens (including phenoxy) is 1. The van der Waals surface area contributed by atoms with Crippen LogP contribution in [0.5, 0.6) is 5.75 Å². The standard InChI is InChI=1S/C19H19N3O2/c1-13(2)24-18-12-14(8-9-15(18)17-7-5-11-23-17)22-19(20)16-6-3-4-10-21-16/h3-13H,1-2H3,(H2,20,22). The minimum Gasteiger partial charge on any atom is -0.490 e. The van der Waals surface area contributed by atoms with Gasteiger partial charge in [-0.1, -0.05) is 6.07 Å². The van der Waals surface area contributed by atoms with E-state index in [1.165, 1.54) is 0 Å². The number of hydrogen-bond acceptors (Lipinski definition) is 4. The van der Waals surface area contributed by atoms with E-state index in [1.54, 1.807) is 12.5 Å². The van der Waals surface area contributed by atoms with Gasteiger partial charge in [-0.05, 0) is 50.2 Å². The number of aromatic nitrogens is 1. The van der Waals surface area contributed by atoms with Gasteiger partial charge in [-0.25, -0.2) is 4.99 Å². The molecule has 0 bridgehead atoms. The van der Waals surface area contributed by atoms with Crippen LogP contribution in [0.15, 0.2) is 70.4 Å². The minimum absolute atomic E-state index is 0.0334. The third kappa shape index (κ3) is 3.63. The lowest BCUT2D eigenvalue weighted by molar-refractivity contribution is 0.243. The highest BCUT2D eigenvalue weighted by Crippen LogP contribution is 2.34. The van der Waals surface area contributed by atoms with Crippen LogP contribution in [0.1, 0.15) is 19.5 Å². The van der Waals surface area contributed by atoms with Crippen molar-refractivity contribution in [3.05, 3.63) is 66.7 Å². The van der Waals surface area contributed by atoms with Crippen LogP contribution >= 0.6 is 0 Å². The predicted octanol–water partition coefficient (Wildman–Crippen LogP) is 4.17. The van der Waals surface area contributed by atoms with E-state index in [-0.39, 0.29) is 6.10 Å². The van der Waals surface area contributed by atoms with Crippen LogP contribution in [0.25, 0.3) is 11.3 Å². The van der Waals surface area contributed by atoms with Crippen molar-refractivity contribution >= 4 is 11.5 Å². The molecule has 0 unspecified atom stereocenters. The van der Waals surface area contributed by atoms with E-state index < -0.39 is 0 Å². The molecule has 0 atom stereocenters. The molecule has 2 heterocycles. The summed E-state index contributed by atoms with van der Waals surface area (Å²) in [5.74, 6) is 1.81. The van der Waals surface area contributed by atoms with Gasteiger partial charge in [0.2, 0.25) is 0 Å². The molecule has 0 fully saturated rings. The molecule has 3 aromatic rings. The molecule has 2 N–H and O–H groups in total. The smallest absolute Gasteiger partial charge is 0.150 e. The predicted molar refractivity (Wildman–Crippen MR) is 94.5 cm³/mol. The number of amidine groups is 1. The van der Waals surface area contributed by atoms with Crippen LogP contribution in [0.3, 0.4) is 0 Å². The van der Waals surface area contributed by atoms with E-state index in [4.69, 9.17) is 14.9 Å². The minimum atomic E-state index is 0.0334. The fourth-order valence-electron chi connectivity index (χ4n) is 2.28. The van der Waals surface area contributed by atoms with Gasteiger partial charge in [0.15, 0.2) is 0 Å². The van der Waals surface area contributed by atoms with E-state index in [0.717, 1.165) is 11.3 Å². The Labute approximate surface area is 140 Å². The van der Waals surface area contributed by atoms with E-state index in [1.807, 2.05) is 62.4 Å². The molecule has 122 valence electrons. The van der Waals surface area contributed by atoms with Gasteiger partial charge in [0.25, 0.3) is 0 Å². The number of aliphatic imine (C=N–C) groups is 1. The summed E-state index contributed by atoms with van der Waals surface area (Å²) < 4.78 is 11.4. The number of benzene rings is 1. The van der Waals surface area contributed by atoms with Gasteiger partial charge in [0, 0.05) is 12.3 Å². The van der Waals surface area contributed by atoms with Gasteiger partial charge < -0.3 is 14.9 Å². The molecule has 1 aromatic carbocycles. The second-order valence-electron chi connectivity index (χ2n) is 5.54. The zero-order valence-corrected chi connectivity index (χ0v) is 13.6. The number of rotatable bonds is 5. The SMILES string of the molecule is CC(C)Oc1cc(N=C(N)c2ccccn2)ccc1-c1ccco1. The average Bonchev–Trinajstić information content (AvgIpc) is 3.09. The van der Waals surface area contributed by atoms with Gasteiger partial charge in [-0.15, -0.1) is 0 Å². The Morgan fingerprint density at radius 2 is 2.04 bits per heavy atom. The molecule has 0 spiro atoms. The number of pyridine rings is 1. The molecule has 0 saturated heterocycles. The fourth-order valence-corrected chi connectivity index (χ4v) is 2.28. The maximum absolute atomic E-state index is 6.04. The first-order valence-corrected chi connectivity index (χ1v) is 7.73. The number of nitrogens with zero attached hydrogens (tertiary/aromatic N) is 2. The summed E-state index contributed by atoms with van der Waals surface area (Å²) in [6, 6.07) is 14.9. The van der Waals surface area contributed by atoms with Gasteiger partial charge in [0.1, 0.15) is 23.0 Å². The van der Waals surface area contributed by atoms with E-state index in [9.17, 15) is 0 Å². The van der Waals surface area contributed by atoms with Crippen LogP contribution in [-0.2, 0) is 0 Å². The average molecular weight is 321 g/mol. The quantitative estimate of drug-likeness (QED) is 0.565. The van der Waals surface area contributed by atoms with Gasteiger partial charge >= 0.3 is 0 Å². The van der Waals surface area contributed by atoms with Crippen molar-refractivity contribution in [2.24, 2.45) is 10.7 Å². The molecular weight excluding hydrogens is 302 g/mol. The van der Waals surface area contributed by atoms with Crippen molar-refractivity contribution in [2.45, 2.75) is 20.0 Å².